The minimum absolute atomic E-state index is 0. The summed E-state index contributed by atoms with van der Waals surface area (Å²) < 4.78 is 0. The van der Waals surface area contributed by atoms with E-state index >= 15 is 0 Å². The van der Waals surface area contributed by atoms with Crippen LogP contribution in [0.25, 0.3) is 26.9 Å². The molecule has 0 saturated heterocycles. The van der Waals surface area contributed by atoms with Crippen LogP contribution < -0.4 is 24.8 Å². The first kappa shape index (κ1) is 28.5. The van der Waals surface area contributed by atoms with E-state index in [-0.39, 0.29) is 52.1 Å². The van der Waals surface area contributed by atoms with Gasteiger partial charge in [-0.2, -0.15) is 0 Å². The molecule has 1 aliphatic rings. The summed E-state index contributed by atoms with van der Waals surface area (Å²) in [6.07, 6.45) is 3.84. The quantitative estimate of drug-likeness (QED) is 0.382. The van der Waals surface area contributed by atoms with Gasteiger partial charge in [0.15, 0.2) is 0 Å². The number of hydrogen-bond acceptors (Lipinski definition) is 0. The second-order valence-corrected chi connectivity index (χ2v) is 11.0. The van der Waals surface area contributed by atoms with E-state index in [4.69, 9.17) is 0 Å². The molecule has 0 N–H and O–H groups in total. The molecule has 0 fully saturated rings. The van der Waals surface area contributed by atoms with Crippen molar-refractivity contribution in [2.45, 2.75) is 58.7 Å². The molecule has 0 unspecified atom stereocenters. The Balaban J connectivity index is 0.000000628. The number of halogens is 2. The van der Waals surface area contributed by atoms with Crippen molar-refractivity contribution in [1.82, 2.24) is 0 Å². The van der Waals surface area contributed by atoms with E-state index in [1.54, 1.807) is 11.1 Å². The van der Waals surface area contributed by atoms with Crippen LogP contribution in [-0.4, -0.2) is 14.5 Å². The topological polar surface area (TPSA) is 14.1 Å². The maximum atomic E-state index is 4.55. The second kappa shape index (κ2) is 12.4. The predicted molar refractivity (Wildman–Crippen MR) is 119 cm³/mol. The van der Waals surface area contributed by atoms with Crippen molar-refractivity contribution in [3.63, 3.8) is 0 Å². The first-order chi connectivity index (χ1) is 12.3. The number of fused-ring (bicyclic) bond motifs is 2. The molecule has 0 bridgehead atoms. The standard InChI is InChI=1S/C18H15.C6H16NSi.2ClH.Ti/c1-2-5-13(6-3-1)17-10-9-16-11-14-7-4-8-15(14)12-18(16)17;1-6(2,3)7-8(4)5;;;/h1-3,5-6,9-12H,4,7-8H2;8H,1-5H3;2*1H;/q2*-1;;;+4/p-2. The molecule has 3 aromatic rings. The molecule has 1 nitrogen and oxygen atoms in total. The van der Waals surface area contributed by atoms with Gasteiger partial charge in [-0.15, -0.1) is 46.1 Å². The SMILES string of the molecule is C[SiH](C)[N-]C(C)(C)C.[Cl-].[Cl-].[Ti+4].c1ccc(-c2c[cH-]c3cc4c(cc23)CCC4)cc1. The van der Waals surface area contributed by atoms with E-state index in [2.05, 4.69) is 93.4 Å². The molecule has 0 heterocycles. The molecule has 3 aromatic carbocycles. The van der Waals surface area contributed by atoms with Gasteiger partial charge < -0.3 is 29.8 Å². The Hall–Kier alpha value is -0.479. The van der Waals surface area contributed by atoms with Crippen LogP contribution in [0.5, 0.6) is 0 Å². The molecule has 5 heteroatoms. The van der Waals surface area contributed by atoms with Crippen molar-refractivity contribution in [3.8, 4) is 11.1 Å². The summed E-state index contributed by atoms with van der Waals surface area (Å²) in [5, 5.41) is 2.82. The fourth-order valence-electron chi connectivity index (χ4n) is 3.92. The van der Waals surface area contributed by atoms with E-state index in [0.717, 1.165) is 0 Å². The Bertz CT molecular complexity index is 870. The summed E-state index contributed by atoms with van der Waals surface area (Å²) in [7, 11) is -0.671. The third-order valence-corrected chi connectivity index (χ3v) is 6.01. The van der Waals surface area contributed by atoms with Crippen molar-refractivity contribution in [2.24, 2.45) is 0 Å². The molecular formula is C24H31Cl2NSiTi. The van der Waals surface area contributed by atoms with Gasteiger partial charge in [-0.1, -0.05) is 89.8 Å². The van der Waals surface area contributed by atoms with Gasteiger partial charge in [0.2, 0.25) is 0 Å². The molecule has 1 aliphatic carbocycles. The molecule has 0 aliphatic heterocycles. The molecular weight excluding hydrogens is 449 g/mol. The summed E-state index contributed by atoms with van der Waals surface area (Å²) in [5.41, 5.74) is 6.03. The molecule has 0 radical (unpaired) electrons. The zero-order valence-corrected chi connectivity index (χ0v) is 22.3. The molecule has 0 spiro atoms. The summed E-state index contributed by atoms with van der Waals surface area (Å²) in [6, 6.07) is 20.0. The first-order valence-corrected chi connectivity index (χ1v) is 12.6. The van der Waals surface area contributed by atoms with Crippen molar-refractivity contribution < 1.29 is 46.5 Å². The third-order valence-electron chi connectivity index (χ3n) is 4.71. The summed E-state index contributed by atoms with van der Waals surface area (Å²) in [4.78, 5) is 4.55. The molecule has 4 rings (SSSR count). The summed E-state index contributed by atoms with van der Waals surface area (Å²) in [5.74, 6) is 0. The van der Waals surface area contributed by atoms with Crippen LogP contribution in [0.15, 0.2) is 54.6 Å². The van der Waals surface area contributed by atoms with Gasteiger partial charge in [-0.25, -0.2) is 0 Å². The van der Waals surface area contributed by atoms with Crippen LogP contribution in [0.3, 0.4) is 0 Å². The number of hydrogen-bond donors (Lipinski definition) is 0. The average Bonchev–Trinajstić information content (AvgIpc) is 3.17. The first-order valence-electron chi connectivity index (χ1n) is 9.82. The van der Waals surface area contributed by atoms with Crippen molar-refractivity contribution in [1.29, 1.82) is 0 Å². The van der Waals surface area contributed by atoms with Crippen LogP contribution in [0.4, 0.5) is 0 Å². The smallest absolute Gasteiger partial charge is 1.00 e. The Kier molecular flexibility index (Phi) is 12.2. The number of rotatable bonds is 2. The van der Waals surface area contributed by atoms with Crippen molar-refractivity contribution in [2.75, 3.05) is 0 Å². The second-order valence-electron chi connectivity index (χ2n) is 8.57. The minimum Gasteiger partial charge on any atom is -1.00 e. The summed E-state index contributed by atoms with van der Waals surface area (Å²) >= 11 is 0. The Labute approximate surface area is 205 Å². The van der Waals surface area contributed by atoms with E-state index in [1.165, 1.54) is 41.2 Å². The predicted octanol–water partition coefficient (Wildman–Crippen LogP) is 0.862. The van der Waals surface area contributed by atoms with E-state index in [9.17, 15) is 0 Å². The largest absolute Gasteiger partial charge is 4.00 e. The molecule has 29 heavy (non-hydrogen) atoms. The number of benzene rings is 2. The monoisotopic (exact) mass is 479 g/mol. The molecule has 0 atom stereocenters. The van der Waals surface area contributed by atoms with Gasteiger partial charge in [-0.05, 0) is 19.3 Å². The van der Waals surface area contributed by atoms with Crippen LogP contribution in [-0.2, 0) is 34.6 Å². The van der Waals surface area contributed by atoms with Gasteiger partial charge >= 0.3 is 21.7 Å². The Morgan fingerprint density at radius 3 is 2.03 bits per heavy atom. The fraction of sp³-hybridized carbons (Fsp3) is 0.375. The maximum absolute atomic E-state index is 4.55. The molecule has 0 saturated carbocycles. The van der Waals surface area contributed by atoms with Gasteiger partial charge in [-0.3, -0.25) is 0 Å². The van der Waals surface area contributed by atoms with Gasteiger partial charge in [0.25, 0.3) is 0 Å². The Morgan fingerprint density at radius 2 is 1.52 bits per heavy atom. The van der Waals surface area contributed by atoms with E-state index < -0.39 is 8.96 Å². The third kappa shape index (κ3) is 7.94. The van der Waals surface area contributed by atoms with E-state index in [1.807, 2.05) is 0 Å². The van der Waals surface area contributed by atoms with E-state index in [0.29, 0.717) is 0 Å². The summed E-state index contributed by atoms with van der Waals surface area (Å²) in [6.45, 7) is 10.9. The Morgan fingerprint density at radius 1 is 0.931 bits per heavy atom. The molecule has 0 amide bonds. The van der Waals surface area contributed by atoms with Crippen molar-refractivity contribution >= 4 is 19.7 Å². The zero-order valence-electron chi connectivity index (χ0n) is 18.1. The van der Waals surface area contributed by atoms with Crippen LogP contribution >= 0.6 is 0 Å². The van der Waals surface area contributed by atoms with Gasteiger partial charge in [0.1, 0.15) is 0 Å². The van der Waals surface area contributed by atoms with Gasteiger partial charge in [0, 0.05) is 0 Å². The normalized spacial score (nSPS) is 12.2. The van der Waals surface area contributed by atoms with Crippen LogP contribution in [0.2, 0.25) is 13.1 Å². The number of aryl methyl sites for hydroxylation is 2. The fourth-order valence-corrected chi connectivity index (χ4v) is 5.47. The molecule has 154 valence electrons. The van der Waals surface area contributed by atoms with Crippen molar-refractivity contribution in [3.05, 3.63) is 70.7 Å². The zero-order chi connectivity index (χ0) is 18.7. The minimum atomic E-state index is -0.671. The van der Waals surface area contributed by atoms with Crippen LogP contribution in [0.1, 0.15) is 38.3 Å². The number of nitrogens with zero attached hydrogens (tertiary/aromatic N) is 1. The molecule has 0 aromatic heterocycles. The maximum Gasteiger partial charge on any atom is 4.00 e. The van der Waals surface area contributed by atoms with Crippen LogP contribution in [0, 0.1) is 0 Å². The van der Waals surface area contributed by atoms with Gasteiger partial charge in [0.05, 0.1) is 0 Å². The average molecular weight is 480 g/mol.